The first-order valence-electron chi connectivity index (χ1n) is 10.3. The molecule has 1 saturated carbocycles. The number of aromatic hydroxyl groups is 1. The molecular weight excluding hydrogens is 358 g/mol. The molecule has 0 aromatic heterocycles. The predicted octanol–water partition coefficient (Wildman–Crippen LogP) is 2.75. The maximum Gasteiger partial charge on any atom is 0.341 e. The summed E-state index contributed by atoms with van der Waals surface area (Å²) in [5, 5.41) is 16.1. The Morgan fingerprint density at radius 1 is 1.18 bits per heavy atom. The zero-order valence-electron chi connectivity index (χ0n) is 17.0. The summed E-state index contributed by atoms with van der Waals surface area (Å²) in [5.74, 6) is -0.938. The van der Waals surface area contributed by atoms with Crippen LogP contribution >= 0.6 is 0 Å². The largest absolute Gasteiger partial charge is 0.507 e. The highest BCUT2D eigenvalue weighted by molar-refractivity contribution is 5.95. The molecule has 0 aliphatic heterocycles. The molecule has 1 amide bonds. The summed E-state index contributed by atoms with van der Waals surface area (Å²) < 4.78 is 5.23. The van der Waals surface area contributed by atoms with Gasteiger partial charge in [0.1, 0.15) is 17.9 Å². The van der Waals surface area contributed by atoms with Crippen molar-refractivity contribution in [2.45, 2.75) is 52.0 Å². The number of rotatable bonds is 10. The van der Waals surface area contributed by atoms with Crippen molar-refractivity contribution in [3.63, 3.8) is 0 Å². The average molecular weight is 392 g/mol. The van der Waals surface area contributed by atoms with Gasteiger partial charge >= 0.3 is 5.97 Å². The van der Waals surface area contributed by atoms with Gasteiger partial charge in [-0.25, -0.2) is 4.79 Å². The lowest BCUT2D eigenvalue weighted by Gasteiger charge is -2.22. The lowest BCUT2D eigenvalue weighted by atomic mass is 9.95. The van der Waals surface area contributed by atoms with Crippen LogP contribution in [0.1, 0.15) is 56.3 Å². The molecule has 1 aliphatic rings. The topological polar surface area (TPSA) is 90.9 Å². The maximum absolute atomic E-state index is 12.1. The monoisotopic (exact) mass is 391 g/mol. The highest BCUT2D eigenvalue weighted by Crippen LogP contribution is 2.23. The van der Waals surface area contributed by atoms with Crippen molar-refractivity contribution in [3.05, 3.63) is 23.8 Å². The minimum atomic E-state index is -0.568. The summed E-state index contributed by atoms with van der Waals surface area (Å²) in [6.45, 7) is 7.05. The summed E-state index contributed by atoms with van der Waals surface area (Å²) in [5.41, 5.74) is 0.547. The fourth-order valence-corrected chi connectivity index (χ4v) is 3.42. The van der Waals surface area contributed by atoms with E-state index in [0.29, 0.717) is 18.3 Å². The Labute approximate surface area is 167 Å². The Kier molecular flexibility index (Phi) is 9.23. The van der Waals surface area contributed by atoms with Crippen molar-refractivity contribution in [3.8, 4) is 5.75 Å². The van der Waals surface area contributed by atoms with E-state index >= 15 is 0 Å². The third kappa shape index (κ3) is 7.13. The van der Waals surface area contributed by atoms with Gasteiger partial charge in [-0.3, -0.25) is 4.79 Å². The molecule has 2 rings (SSSR count). The standard InChI is InChI=1S/C21H33N3O4/c1-3-24(4-2)12-13-28-21(27)18-11-10-17(14-19(18)25)23-20(26)15-22-16-8-6-5-7-9-16/h10-11,14,16,22,25H,3-9,12-13,15H2,1-2H3,(H,23,26). The Morgan fingerprint density at radius 2 is 1.89 bits per heavy atom. The molecule has 0 heterocycles. The van der Waals surface area contributed by atoms with E-state index < -0.39 is 5.97 Å². The number of benzene rings is 1. The van der Waals surface area contributed by atoms with Gasteiger partial charge < -0.3 is 25.4 Å². The molecule has 3 N–H and O–H groups in total. The van der Waals surface area contributed by atoms with Crippen LogP contribution in [0, 0.1) is 0 Å². The molecule has 0 atom stereocenters. The summed E-state index contributed by atoms with van der Waals surface area (Å²) >= 11 is 0. The second kappa shape index (κ2) is 11.7. The molecule has 7 nitrogen and oxygen atoms in total. The number of hydrogen-bond donors (Lipinski definition) is 3. The van der Waals surface area contributed by atoms with Crippen LogP contribution in [-0.2, 0) is 9.53 Å². The molecule has 0 bridgehead atoms. The molecule has 156 valence electrons. The fourth-order valence-electron chi connectivity index (χ4n) is 3.42. The number of amides is 1. The number of ether oxygens (including phenoxy) is 1. The third-order valence-corrected chi connectivity index (χ3v) is 5.19. The van der Waals surface area contributed by atoms with Gasteiger partial charge in [0.25, 0.3) is 0 Å². The maximum atomic E-state index is 12.1. The molecule has 1 aromatic rings. The molecule has 1 fully saturated rings. The molecule has 28 heavy (non-hydrogen) atoms. The van der Waals surface area contributed by atoms with Crippen LogP contribution in [0.25, 0.3) is 0 Å². The van der Waals surface area contributed by atoms with Gasteiger partial charge in [0.15, 0.2) is 0 Å². The minimum Gasteiger partial charge on any atom is -0.507 e. The SMILES string of the molecule is CCN(CC)CCOC(=O)c1ccc(NC(=O)CNC2CCCCC2)cc1O. The second-order valence-electron chi connectivity index (χ2n) is 7.16. The number of hydrogen-bond acceptors (Lipinski definition) is 6. The van der Waals surface area contributed by atoms with Gasteiger partial charge in [-0.05, 0) is 38.1 Å². The van der Waals surface area contributed by atoms with E-state index in [4.69, 9.17) is 4.74 Å². The lowest BCUT2D eigenvalue weighted by Crippen LogP contribution is -2.37. The number of nitrogens with zero attached hydrogens (tertiary/aromatic N) is 1. The number of carbonyl (C=O) groups is 2. The van der Waals surface area contributed by atoms with Crippen LogP contribution in [0.5, 0.6) is 5.75 Å². The first-order valence-corrected chi connectivity index (χ1v) is 10.3. The number of likely N-dealkylation sites (N-methyl/N-ethyl adjacent to an activating group) is 1. The van der Waals surface area contributed by atoms with Gasteiger partial charge in [-0.1, -0.05) is 33.1 Å². The van der Waals surface area contributed by atoms with Gasteiger partial charge in [-0.15, -0.1) is 0 Å². The molecule has 7 heteroatoms. The minimum absolute atomic E-state index is 0.0953. The van der Waals surface area contributed by atoms with E-state index in [9.17, 15) is 14.7 Å². The quantitative estimate of drug-likeness (QED) is 0.531. The highest BCUT2D eigenvalue weighted by atomic mass is 16.5. The fraction of sp³-hybridized carbons (Fsp3) is 0.619. The smallest absolute Gasteiger partial charge is 0.341 e. The average Bonchev–Trinajstić information content (AvgIpc) is 2.70. The number of esters is 1. The van der Waals surface area contributed by atoms with Crippen molar-refractivity contribution in [2.24, 2.45) is 0 Å². The number of phenolic OH excluding ortho intramolecular Hbond substituents is 1. The highest BCUT2D eigenvalue weighted by Gasteiger charge is 2.16. The third-order valence-electron chi connectivity index (χ3n) is 5.19. The van der Waals surface area contributed by atoms with Crippen molar-refractivity contribution >= 4 is 17.6 Å². The molecule has 0 unspecified atom stereocenters. The molecule has 0 spiro atoms. The van der Waals surface area contributed by atoms with E-state index in [2.05, 4.69) is 29.4 Å². The molecule has 1 aromatic carbocycles. The first kappa shape index (κ1) is 22.2. The van der Waals surface area contributed by atoms with Crippen molar-refractivity contribution in [1.82, 2.24) is 10.2 Å². The molecule has 0 saturated heterocycles. The second-order valence-corrected chi connectivity index (χ2v) is 7.16. The summed E-state index contributed by atoms with van der Waals surface area (Å²) in [4.78, 5) is 26.4. The van der Waals surface area contributed by atoms with Crippen LogP contribution in [-0.4, -0.2) is 60.7 Å². The van der Waals surface area contributed by atoms with Crippen molar-refractivity contribution in [2.75, 3.05) is 38.1 Å². The van der Waals surface area contributed by atoms with Gasteiger partial charge in [0, 0.05) is 24.3 Å². The van der Waals surface area contributed by atoms with Gasteiger partial charge in [0.2, 0.25) is 5.91 Å². The van der Waals surface area contributed by atoms with Gasteiger partial charge in [0.05, 0.1) is 6.54 Å². The van der Waals surface area contributed by atoms with Crippen LogP contribution in [0.15, 0.2) is 18.2 Å². The van der Waals surface area contributed by atoms with Crippen molar-refractivity contribution < 1.29 is 19.4 Å². The lowest BCUT2D eigenvalue weighted by molar-refractivity contribution is -0.115. The first-order chi connectivity index (χ1) is 13.5. The summed E-state index contributed by atoms with van der Waals surface area (Å²) in [6, 6.07) is 4.85. The van der Waals surface area contributed by atoms with E-state index in [-0.39, 0.29) is 30.4 Å². The Morgan fingerprint density at radius 3 is 2.54 bits per heavy atom. The van der Waals surface area contributed by atoms with Crippen LogP contribution in [0.3, 0.4) is 0 Å². The Bertz CT molecular complexity index is 641. The van der Waals surface area contributed by atoms with E-state index in [1.54, 1.807) is 6.07 Å². The number of phenols is 1. The van der Waals surface area contributed by atoms with Crippen LogP contribution < -0.4 is 10.6 Å². The van der Waals surface area contributed by atoms with Crippen molar-refractivity contribution in [1.29, 1.82) is 0 Å². The van der Waals surface area contributed by atoms with E-state index in [0.717, 1.165) is 25.9 Å². The van der Waals surface area contributed by atoms with Crippen LogP contribution in [0.2, 0.25) is 0 Å². The number of carbonyl (C=O) groups excluding carboxylic acids is 2. The zero-order chi connectivity index (χ0) is 20.4. The van der Waals surface area contributed by atoms with Gasteiger partial charge in [-0.2, -0.15) is 0 Å². The normalized spacial score (nSPS) is 14.8. The Hall–Kier alpha value is -2.12. The van der Waals surface area contributed by atoms with E-state index in [1.807, 2.05) is 0 Å². The molecular formula is C21H33N3O4. The molecule has 1 aliphatic carbocycles. The predicted molar refractivity (Wildman–Crippen MR) is 110 cm³/mol. The summed E-state index contributed by atoms with van der Waals surface area (Å²) in [7, 11) is 0. The zero-order valence-corrected chi connectivity index (χ0v) is 17.0. The molecule has 0 radical (unpaired) electrons. The number of nitrogens with one attached hydrogen (secondary N) is 2. The van der Waals surface area contributed by atoms with Crippen LogP contribution in [0.4, 0.5) is 5.69 Å². The summed E-state index contributed by atoms with van der Waals surface area (Å²) in [6.07, 6.45) is 5.91. The Balaban J connectivity index is 1.80. The van der Waals surface area contributed by atoms with E-state index in [1.165, 1.54) is 31.4 Å². The number of anilines is 1.